The highest BCUT2D eigenvalue weighted by atomic mass is 79.9. The number of carbonyl (C=O) groups excluding carboxylic acids is 1. The number of benzene rings is 1. The molecule has 1 aromatic carbocycles. The summed E-state index contributed by atoms with van der Waals surface area (Å²) in [5.41, 5.74) is 1.43. The Kier molecular flexibility index (Phi) is 5.77. The molecular weight excluding hydrogens is 462 g/mol. The number of hydrogen-bond donors (Lipinski definition) is 1. The minimum absolute atomic E-state index is 0.0153. The van der Waals surface area contributed by atoms with Crippen LogP contribution >= 0.6 is 15.9 Å². The Labute approximate surface area is 185 Å². The van der Waals surface area contributed by atoms with Crippen LogP contribution in [0, 0.1) is 6.92 Å². The number of fused-ring (bicyclic) bond motifs is 1. The molecule has 8 nitrogen and oxygen atoms in total. The average Bonchev–Trinajstić information content (AvgIpc) is 2.77. The first kappa shape index (κ1) is 20.7. The number of carbonyl (C=O) groups is 1. The molecule has 0 aliphatic heterocycles. The lowest BCUT2D eigenvalue weighted by Gasteiger charge is -2.14. The summed E-state index contributed by atoms with van der Waals surface area (Å²) in [5, 5.41) is 2.79. The molecule has 3 heterocycles. The van der Waals surface area contributed by atoms with Crippen molar-refractivity contribution in [3.05, 3.63) is 97.5 Å². The maximum Gasteiger partial charge on any atom is 0.332 e. The lowest BCUT2D eigenvalue weighted by molar-refractivity contribution is -0.116. The third-order valence-corrected chi connectivity index (χ3v) is 5.67. The van der Waals surface area contributed by atoms with E-state index in [0.717, 1.165) is 14.6 Å². The molecule has 1 N–H and O–H groups in total. The summed E-state index contributed by atoms with van der Waals surface area (Å²) in [5.74, 6) is -0.392. The van der Waals surface area contributed by atoms with Crippen molar-refractivity contribution in [1.29, 1.82) is 0 Å². The number of nitrogens with one attached hydrogen (secondary N) is 1. The van der Waals surface area contributed by atoms with Crippen LogP contribution in [-0.2, 0) is 17.9 Å². The van der Waals surface area contributed by atoms with Gasteiger partial charge >= 0.3 is 5.69 Å². The fraction of sp³-hybridized carbons (Fsp3) is 0.136. The van der Waals surface area contributed by atoms with Crippen molar-refractivity contribution in [2.75, 3.05) is 5.32 Å². The Bertz CT molecular complexity index is 1400. The van der Waals surface area contributed by atoms with Crippen LogP contribution < -0.4 is 16.6 Å². The van der Waals surface area contributed by atoms with Crippen molar-refractivity contribution >= 4 is 38.6 Å². The van der Waals surface area contributed by atoms with Gasteiger partial charge in [0.2, 0.25) is 5.91 Å². The summed E-state index contributed by atoms with van der Waals surface area (Å²) in [6.45, 7) is 1.63. The van der Waals surface area contributed by atoms with E-state index in [-0.39, 0.29) is 18.6 Å². The van der Waals surface area contributed by atoms with E-state index in [2.05, 4.69) is 31.2 Å². The van der Waals surface area contributed by atoms with Crippen LogP contribution in [0.1, 0.15) is 11.3 Å². The number of pyridine rings is 2. The summed E-state index contributed by atoms with van der Waals surface area (Å²) in [6, 6.07) is 13.9. The zero-order chi connectivity index (χ0) is 22.0. The molecule has 4 aromatic rings. The smallest absolute Gasteiger partial charge is 0.325 e. The molecule has 1 amide bonds. The van der Waals surface area contributed by atoms with Gasteiger partial charge in [0.25, 0.3) is 5.56 Å². The van der Waals surface area contributed by atoms with Gasteiger partial charge in [-0.3, -0.25) is 23.7 Å². The van der Waals surface area contributed by atoms with Crippen molar-refractivity contribution in [3.63, 3.8) is 0 Å². The van der Waals surface area contributed by atoms with Gasteiger partial charge in [-0.05, 0) is 55.0 Å². The molecule has 0 saturated carbocycles. The predicted octanol–water partition coefficient (Wildman–Crippen LogP) is 2.71. The fourth-order valence-electron chi connectivity index (χ4n) is 3.26. The van der Waals surface area contributed by atoms with Crippen molar-refractivity contribution in [3.8, 4) is 0 Å². The van der Waals surface area contributed by atoms with Crippen molar-refractivity contribution in [1.82, 2.24) is 19.1 Å². The molecule has 0 aliphatic carbocycles. The van der Waals surface area contributed by atoms with Gasteiger partial charge in [0, 0.05) is 22.6 Å². The molecule has 0 bridgehead atoms. The molecule has 0 spiro atoms. The van der Waals surface area contributed by atoms with E-state index in [1.807, 2.05) is 19.1 Å². The lowest BCUT2D eigenvalue weighted by atomic mass is 10.2. The second kappa shape index (κ2) is 8.65. The van der Waals surface area contributed by atoms with Crippen molar-refractivity contribution in [2.24, 2.45) is 0 Å². The topological polar surface area (TPSA) is 98.9 Å². The van der Waals surface area contributed by atoms with Crippen LogP contribution in [0.15, 0.2) is 75.0 Å². The van der Waals surface area contributed by atoms with E-state index in [1.165, 1.54) is 10.8 Å². The molecule has 156 valence electrons. The van der Waals surface area contributed by atoms with Crippen LogP contribution in [-0.4, -0.2) is 25.0 Å². The second-order valence-electron chi connectivity index (χ2n) is 6.96. The van der Waals surface area contributed by atoms with E-state index in [9.17, 15) is 14.4 Å². The monoisotopic (exact) mass is 479 g/mol. The number of anilines is 1. The summed E-state index contributed by atoms with van der Waals surface area (Å²) in [7, 11) is 0. The van der Waals surface area contributed by atoms with Crippen molar-refractivity contribution in [2.45, 2.75) is 20.0 Å². The van der Waals surface area contributed by atoms with Gasteiger partial charge in [0.05, 0.1) is 17.8 Å². The number of halogens is 1. The quantitative estimate of drug-likeness (QED) is 0.474. The SMILES string of the molecule is Cc1cc(NC(=O)Cn2c(=O)n(Cc3ccccn3)c(=O)c3ncccc32)ccc1Br. The third-order valence-electron chi connectivity index (χ3n) is 4.78. The van der Waals surface area contributed by atoms with E-state index < -0.39 is 17.2 Å². The van der Waals surface area contributed by atoms with Crippen LogP contribution in [0.4, 0.5) is 5.69 Å². The maximum absolute atomic E-state index is 13.2. The Hall–Kier alpha value is -3.59. The van der Waals surface area contributed by atoms with Crippen LogP contribution in [0.2, 0.25) is 0 Å². The van der Waals surface area contributed by atoms with Gasteiger partial charge in [-0.2, -0.15) is 0 Å². The lowest BCUT2D eigenvalue weighted by Crippen LogP contribution is -2.42. The highest BCUT2D eigenvalue weighted by Gasteiger charge is 2.17. The molecule has 3 aromatic heterocycles. The molecule has 0 atom stereocenters. The number of aryl methyl sites for hydroxylation is 1. The Morgan fingerprint density at radius 3 is 2.58 bits per heavy atom. The Balaban J connectivity index is 1.74. The molecule has 0 saturated heterocycles. The first-order chi connectivity index (χ1) is 14.9. The third kappa shape index (κ3) is 4.31. The van der Waals surface area contributed by atoms with Gasteiger partial charge in [-0.1, -0.05) is 22.0 Å². The Morgan fingerprint density at radius 1 is 1.03 bits per heavy atom. The zero-order valence-electron chi connectivity index (χ0n) is 16.6. The molecule has 0 fully saturated rings. The Morgan fingerprint density at radius 2 is 1.84 bits per heavy atom. The number of rotatable bonds is 5. The van der Waals surface area contributed by atoms with E-state index >= 15 is 0 Å². The normalized spacial score (nSPS) is 10.9. The number of amides is 1. The standard InChI is InChI=1S/C22H18BrN5O3/c1-14-11-15(7-8-17(14)23)26-19(29)13-27-18-6-4-10-25-20(18)21(30)28(22(27)31)12-16-5-2-3-9-24-16/h2-11H,12-13H2,1H3,(H,26,29). The van der Waals surface area contributed by atoms with Gasteiger partial charge < -0.3 is 5.32 Å². The van der Waals surface area contributed by atoms with Gasteiger partial charge in [-0.15, -0.1) is 0 Å². The number of nitrogens with zero attached hydrogens (tertiary/aromatic N) is 4. The molecule has 0 unspecified atom stereocenters. The van der Waals surface area contributed by atoms with E-state index in [1.54, 1.807) is 42.6 Å². The fourth-order valence-corrected chi connectivity index (χ4v) is 3.50. The summed E-state index contributed by atoms with van der Waals surface area (Å²) in [6.07, 6.45) is 3.07. The van der Waals surface area contributed by atoms with Crippen LogP contribution in [0.5, 0.6) is 0 Å². The van der Waals surface area contributed by atoms with Gasteiger partial charge in [0.1, 0.15) is 6.54 Å². The minimum atomic E-state index is -0.599. The van der Waals surface area contributed by atoms with Crippen LogP contribution in [0.25, 0.3) is 11.0 Å². The summed E-state index contributed by atoms with van der Waals surface area (Å²) < 4.78 is 3.24. The largest absolute Gasteiger partial charge is 0.332 e. The van der Waals surface area contributed by atoms with E-state index in [0.29, 0.717) is 16.9 Å². The first-order valence-electron chi connectivity index (χ1n) is 9.48. The zero-order valence-corrected chi connectivity index (χ0v) is 18.2. The molecule has 0 aliphatic rings. The minimum Gasteiger partial charge on any atom is -0.325 e. The molecule has 4 rings (SSSR count). The second-order valence-corrected chi connectivity index (χ2v) is 7.82. The van der Waals surface area contributed by atoms with E-state index in [4.69, 9.17) is 0 Å². The molecule has 0 radical (unpaired) electrons. The first-order valence-corrected chi connectivity index (χ1v) is 10.3. The summed E-state index contributed by atoms with van der Waals surface area (Å²) >= 11 is 3.43. The van der Waals surface area contributed by atoms with Gasteiger partial charge in [0.15, 0.2) is 5.52 Å². The van der Waals surface area contributed by atoms with Gasteiger partial charge in [-0.25, -0.2) is 9.78 Å². The molecule has 9 heteroatoms. The molecule has 31 heavy (non-hydrogen) atoms. The highest BCUT2D eigenvalue weighted by Crippen LogP contribution is 2.20. The molecular formula is C22H18BrN5O3. The maximum atomic E-state index is 13.2. The predicted molar refractivity (Wildman–Crippen MR) is 121 cm³/mol. The van der Waals surface area contributed by atoms with Crippen LogP contribution in [0.3, 0.4) is 0 Å². The summed E-state index contributed by atoms with van der Waals surface area (Å²) in [4.78, 5) is 47.1. The average molecular weight is 480 g/mol. The number of hydrogen-bond acceptors (Lipinski definition) is 5. The number of aromatic nitrogens is 4. The highest BCUT2D eigenvalue weighted by molar-refractivity contribution is 9.10. The van der Waals surface area contributed by atoms with Crippen molar-refractivity contribution < 1.29 is 4.79 Å².